The second-order valence-electron chi connectivity index (χ2n) is 7.47. The summed E-state index contributed by atoms with van der Waals surface area (Å²) in [5.41, 5.74) is 5.07. The summed E-state index contributed by atoms with van der Waals surface area (Å²) >= 11 is 0. The van der Waals surface area contributed by atoms with Crippen LogP contribution in [0.3, 0.4) is 0 Å². The molecular weight excluding hydrogens is 407 g/mol. The maximum Gasteiger partial charge on any atom is 0.248 e. The van der Waals surface area contributed by atoms with Crippen LogP contribution in [0, 0.1) is 5.82 Å². The second kappa shape index (κ2) is 9.43. The van der Waals surface area contributed by atoms with Crippen LogP contribution in [0.15, 0.2) is 77.9 Å². The van der Waals surface area contributed by atoms with Crippen LogP contribution in [0.5, 0.6) is 0 Å². The van der Waals surface area contributed by atoms with Crippen molar-refractivity contribution in [3.05, 3.63) is 100 Å². The third-order valence-corrected chi connectivity index (χ3v) is 5.19. The van der Waals surface area contributed by atoms with Crippen molar-refractivity contribution >= 4 is 5.91 Å². The van der Waals surface area contributed by atoms with Gasteiger partial charge in [-0.15, -0.1) is 0 Å². The third kappa shape index (κ3) is 5.00. The zero-order chi connectivity index (χ0) is 22.5. The molecule has 0 atom stereocenters. The highest BCUT2D eigenvalue weighted by atomic mass is 19.1. The average Bonchev–Trinajstić information content (AvgIpc) is 3.26. The van der Waals surface area contributed by atoms with Crippen molar-refractivity contribution < 1.29 is 9.18 Å². The standard InChI is InChI=1S/C25H23FN4O2/c1-2-24(31)28-15-20-4-3-19(18-5-7-21(26)8-6-18)14-22(20)23-10-12-30(29-23)16-17-9-11-27-25(32)13-17/h3-14H,2,15-16H2,1H3,(H,27,32)(H,28,31). The fraction of sp³-hybridized carbons (Fsp3) is 0.160. The summed E-state index contributed by atoms with van der Waals surface area (Å²) in [7, 11) is 0. The molecule has 0 aliphatic rings. The maximum absolute atomic E-state index is 13.4. The van der Waals surface area contributed by atoms with Crippen LogP contribution in [0.2, 0.25) is 0 Å². The van der Waals surface area contributed by atoms with Gasteiger partial charge in [-0.25, -0.2) is 4.39 Å². The molecule has 6 nitrogen and oxygen atoms in total. The number of nitrogens with one attached hydrogen (secondary N) is 2. The van der Waals surface area contributed by atoms with Gasteiger partial charge in [-0.3, -0.25) is 14.3 Å². The minimum absolute atomic E-state index is 0.0293. The molecule has 2 heterocycles. The lowest BCUT2D eigenvalue weighted by atomic mass is 9.97. The van der Waals surface area contributed by atoms with E-state index in [0.717, 1.165) is 33.5 Å². The molecule has 4 rings (SSSR count). The van der Waals surface area contributed by atoms with E-state index in [1.54, 1.807) is 29.1 Å². The zero-order valence-corrected chi connectivity index (χ0v) is 17.6. The largest absolute Gasteiger partial charge is 0.352 e. The number of carbonyl (C=O) groups is 1. The van der Waals surface area contributed by atoms with Gasteiger partial charge in [-0.2, -0.15) is 5.10 Å². The van der Waals surface area contributed by atoms with Gasteiger partial charge in [0.05, 0.1) is 12.2 Å². The van der Waals surface area contributed by atoms with Crippen LogP contribution in [-0.2, 0) is 17.9 Å². The van der Waals surface area contributed by atoms with Crippen LogP contribution < -0.4 is 10.9 Å². The molecule has 0 unspecified atom stereocenters. The summed E-state index contributed by atoms with van der Waals surface area (Å²) in [5, 5.41) is 7.61. The maximum atomic E-state index is 13.4. The number of halogens is 1. The summed E-state index contributed by atoms with van der Waals surface area (Å²) in [4.78, 5) is 26.0. The van der Waals surface area contributed by atoms with Gasteiger partial charge in [0.2, 0.25) is 11.5 Å². The number of aromatic nitrogens is 3. The average molecular weight is 430 g/mol. The number of rotatable bonds is 7. The van der Waals surface area contributed by atoms with E-state index in [9.17, 15) is 14.0 Å². The first-order valence-corrected chi connectivity index (χ1v) is 10.4. The molecule has 0 fully saturated rings. The van der Waals surface area contributed by atoms with Crippen molar-refractivity contribution in [2.75, 3.05) is 0 Å². The molecule has 0 aliphatic carbocycles. The number of aromatic amines is 1. The molecule has 32 heavy (non-hydrogen) atoms. The molecule has 0 saturated heterocycles. The molecule has 7 heteroatoms. The van der Waals surface area contributed by atoms with Crippen molar-refractivity contribution in [3.8, 4) is 22.4 Å². The predicted molar refractivity (Wildman–Crippen MR) is 121 cm³/mol. The van der Waals surface area contributed by atoms with Crippen LogP contribution >= 0.6 is 0 Å². The zero-order valence-electron chi connectivity index (χ0n) is 17.6. The number of hydrogen-bond acceptors (Lipinski definition) is 3. The van der Waals surface area contributed by atoms with E-state index in [1.807, 2.05) is 43.5 Å². The molecule has 1 amide bonds. The van der Waals surface area contributed by atoms with E-state index >= 15 is 0 Å². The molecule has 2 aromatic carbocycles. The predicted octanol–water partition coefficient (Wildman–Crippen LogP) is 4.12. The highest BCUT2D eigenvalue weighted by Crippen LogP contribution is 2.29. The lowest BCUT2D eigenvalue weighted by Crippen LogP contribution is -2.21. The number of benzene rings is 2. The van der Waals surface area contributed by atoms with E-state index in [4.69, 9.17) is 5.10 Å². The van der Waals surface area contributed by atoms with Crippen LogP contribution in [0.1, 0.15) is 24.5 Å². The highest BCUT2D eigenvalue weighted by molar-refractivity contribution is 5.77. The Kier molecular flexibility index (Phi) is 6.26. The summed E-state index contributed by atoms with van der Waals surface area (Å²) in [5.74, 6) is -0.315. The second-order valence-corrected chi connectivity index (χ2v) is 7.47. The molecule has 162 valence electrons. The Labute approximate surface area is 184 Å². The topological polar surface area (TPSA) is 79.8 Å². The van der Waals surface area contributed by atoms with Crippen molar-refractivity contribution in [1.29, 1.82) is 0 Å². The number of H-pyrrole nitrogens is 1. The Morgan fingerprint density at radius 1 is 1.06 bits per heavy atom. The monoisotopic (exact) mass is 430 g/mol. The number of hydrogen-bond donors (Lipinski definition) is 2. The van der Waals surface area contributed by atoms with E-state index < -0.39 is 0 Å². The third-order valence-electron chi connectivity index (χ3n) is 5.19. The van der Waals surface area contributed by atoms with E-state index in [2.05, 4.69) is 10.3 Å². The molecule has 2 N–H and O–H groups in total. The van der Waals surface area contributed by atoms with Gasteiger partial charge < -0.3 is 10.3 Å². The van der Waals surface area contributed by atoms with Crippen molar-refractivity contribution in [1.82, 2.24) is 20.1 Å². The lowest BCUT2D eigenvalue weighted by molar-refractivity contribution is -0.120. The van der Waals surface area contributed by atoms with Gasteiger partial charge in [-0.1, -0.05) is 31.2 Å². The first-order chi connectivity index (χ1) is 15.5. The highest BCUT2D eigenvalue weighted by Gasteiger charge is 2.12. The molecule has 0 radical (unpaired) electrons. The lowest BCUT2D eigenvalue weighted by Gasteiger charge is -2.12. The van der Waals surface area contributed by atoms with Crippen LogP contribution in [0.4, 0.5) is 4.39 Å². The SMILES string of the molecule is CCC(=O)NCc1ccc(-c2ccc(F)cc2)cc1-c1ccn(Cc2cc[nH]c(=O)c2)n1. The minimum atomic E-state index is -0.286. The molecule has 0 saturated carbocycles. The number of nitrogens with zero attached hydrogens (tertiary/aromatic N) is 2. The van der Waals surface area contributed by atoms with E-state index in [1.165, 1.54) is 12.1 Å². The molecular formula is C25H23FN4O2. The Balaban J connectivity index is 1.68. The quantitative estimate of drug-likeness (QED) is 0.463. The number of carbonyl (C=O) groups excluding carboxylic acids is 1. The smallest absolute Gasteiger partial charge is 0.248 e. The van der Waals surface area contributed by atoms with Gasteiger partial charge in [0, 0.05) is 37.0 Å². The summed E-state index contributed by atoms with van der Waals surface area (Å²) in [6, 6.07) is 17.5. The Morgan fingerprint density at radius 2 is 1.84 bits per heavy atom. The molecule has 2 aromatic heterocycles. The Morgan fingerprint density at radius 3 is 2.59 bits per heavy atom. The van der Waals surface area contributed by atoms with E-state index in [-0.39, 0.29) is 17.3 Å². The fourth-order valence-electron chi connectivity index (χ4n) is 3.48. The van der Waals surface area contributed by atoms with Crippen molar-refractivity contribution in [2.45, 2.75) is 26.4 Å². The Hall–Kier alpha value is -4.00. The first-order valence-electron chi connectivity index (χ1n) is 10.4. The number of amides is 1. The van der Waals surface area contributed by atoms with Gasteiger partial charge in [0.15, 0.2) is 0 Å². The fourth-order valence-corrected chi connectivity index (χ4v) is 3.48. The summed E-state index contributed by atoms with van der Waals surface area (Å²) in [6.45, 7) is 2.65. The van der Waals surface area contributed by atoms with Crippen molar-refractivity contribution in [2.24, 2.45) is 0 Å². The first kappa shape index (κ1) is 21.2. The van der Waals surface area contributed by atoms with Crippen LogP contribution in [-0.4, -0.2) is 20.7 Å². The number of pyridine rings is 1. The molecule has 4 aromatic rings. The molecule has 0 spiro atoms. The van der Waals surface area contributed by atoms with Gasteiger partial charge in [-0.05, 0) is 52.6 Å². The van der Waals surface area contributed by atoms with E-state index in [0.29, 0.717) is 19.5 Å². The molecule has 0 aliphatic heterocycles. The minimum Gasteiger partial charge on any atom is -0.352 e. The van der Waals surface area contributed by atoms with Crippen molar-refractivity contribution in [3.63, 3.8) is 0 Å². The Bertz CT molecular complexity index is 1290. The molecule has 0 bridgehead atoms. The van der Waals surface area contributed by atoms with Gasteiger partial charge in [0.1, 0.15) is 5.82 Å². The van der Waals surface area contributed by atoms with Gasteiger partial charge in [0.25, 0.3) is 0 Å². The summed E-state index contributed by atoms with van der Waals surface area (Å²) < 4.78 is 15.1. The van der Waals surface area contributed by atoms with Gasteiger partial charge >= 0.3 is 0 Å². The van der Waals surface area contributed by atoms with Crippen LogP contribution in [0.25, 0.3) is 22.4 Å². The normalized spacial score (nSPS) is 10.8. The summed E-state index contributed by atoms with van der Waals surface area (Å²) in [6.07, 6.45) is 3.88.